The average Bonchev–Trinajstić information content (AvgIpc) is 2.38. The summed E-state index contributed by atoms with van der Waals surface area (Å²) in [5.74, 6) is 2.05. The van der Waals surface area contributed by atoms with Gasteiger partial charge < -0.3 is 14.7 Å². The summed E-state index contributed by atoms with van der Waals surface area (Å²) in [6.07, 6.45) is 2.33. The van der Waals surface area contributed by atoms with Gasteiger partial charge in [0.25, 0.3) is 0 Å². The van der Waals surface area contributed by atoms with Gasteiger partial charge in [0.2, 0.25) is 17.2 Å². The maximum absolute atomic E-state index is 5.99. The van der Waals surface area contributed by atoms with Crippen LogP contribution in [0.5, 0.6) is 0 Å². The molecule has 0 saturated carbocycles. The van der Waals surface area contributed by atoms with Crippen molar-refractivity contribution in [2.45, 2.75) is 12.8 Å². The monoisotopic (exact) mass is 298 g/mol. The predicted octanol–water partition coefficient (Wildman–Crippen LogP) is 1.37. The predicted molar refractivity (Wildman–Crippen MR) is 82.7 cm³/mol. The van der Waals surface area contributed by atoms with Gasteiger partial charge in [0.05, 0.1) is 0 Å². The van der Waals surface area contributed by atoms with Gasteiger partial charge in [-0.15, -0.1) is 0 Å². The normalized spacial score (nSPS) is 16.8. The van der Waals surface area contributed by atoms with Crippen LogP contribution in [0.4, 0.5) is 11.9 Å². The van der Waals surface area contributed by atoms with Crippen molar-refractivity contribution in [3.05, 3.63) is 5.28 Å². The first-order chi connectivity index (χ1) is 9.45. The first-order valence-corrected chi connectivity index (χ1v) is 7.32. The van der Waals surface area contributed by atoms with Gasteiger partial charge in [0, 0.05) is 33.7 Å². The summed E-state index contributed by atoms with van der Waals surface area (Å²) < 4.78 is 0. The van der Waals surface area contributed by atoms with E-state index in [1.54, 1.807) is 0 Å². The van der Waals surface area contributed by atoms with Gasteiger partial charge in [-0.1, -0.05) is 0 Å². The maximum atomic E-state index is 5.99. The quantitative estimate of drug-likeness (QED) is 0.837. The number of aromatic nitrogens is 3. The van der Waals surface area contributed by atoms with Crippen LogP contribution in [0.15, 0.2) is 0 Å². The van der Waals surface area contributed by atoms with Crippen molar-refractivity contribution in [2.75, 3.05) is 57.6 Å². The minimum Gasteiger partial charge on any atom is -0.347 e. The number of hydrogen-bond acceptors (Lipinski definition) is 6. The van der Waals surface area contributed by atoms with Crippen LogP contribution in [0.3, 0.4) is 0 Å². The van der Waals surface area contributed by atoms with Crippen molar-refractivity contribution in [3.63, 3.8) is 0 Å². The maximum Gasteiger partial charge on any atom is 0.231 e. The molecule has 0 unspecified atom stereocenters. The number of anilines is 2. The fourth-order valence-corrected chi connectivity index (χ4v) is 2.65. The number of hydrogen-bond donors (Lipinski definition) is 0. The van der Waals surface area contributed by atoms with Gasteiger partial charge in [-0.05, 0) is 44.5 Å². The summed E-state index contributed by atoms with van der Waals surface area (Å²) in [5, 5.41) is 0.258. The van der Waals surface area contributed by atoms with Crippen LogP contribution in [0.1, 0.15) is 12.8 Å². The van der Waals surface area contributed by atoms with E-state index in [1.165, 1.54) is 12.8 Å². The van der Waals surface area contributed by atoms with Crippen molar-refractivity contribution < 1.29 is 0 Å². The minimum atomic E-state index is 0.258. The zero-order valence-electron chi connectivity index (χ0n) is 12.7. The van der Waals surface area contributed by atoms with Gasteiger partial charge >= 0.3 is 0 Å². The topological polar surface area (TPSA) is 48.4 Å². The van der Waals surface area contributed by atoms with Crippen molar-refractivity contribution in [1.82, 2.24) is 19.9 Å². The molecule has 1 aliphatic rings. The zero-order chi connectivity index (χ0) is 14.7. The Labute approximate surface area is 125 Å². The highest BCUT2D eigenvalue weighted by Gasteiger charge is 2.22. The second kappa shape index (κ2) is 6.54. The van der Waals surface area contributed by atoms with Crippen LogP contribution >= 0.6 is 11.6 Å². The lowest BCUT2D eigenvalue weighted by Crippen LogP contribution is -2.38. The molecule has 1 saturated heterocycles. The van der Waals surface area contributed by atoms with Crippen molar-refractivity contribution >= 4 is 23.5 Å². The summed E-state index contributed by atoms with van der Waals surface area (Å²) >= 11 is 5.99. The molecule has 0 amide bonds. The molecule has 1 aromatic rings. The first-order valence-electron chi connectivity index (χ1n) is 6.94. The van der Waals surface area contributed by atoms with Crippen LogP contribution in [0.25, 0.3) is 0 Å². The number of halogens is 1. The summed E-state index contributed by atoms with van der Waals surface area (Å²) in [6, 6.07) is 0. The van der Waals surface area contributed by atoms with E-state index in [0.29, 0.717) is 11.9 Å². The molecule has 2 rings (SSSR count). The molecule has 1 aliphatic heterocycles. The summed E-state index contributed by atoms with van der Waals surface area (Å²) in [4.78, 5) is 19.2. The molecule has 0 bridgehead atoms. The summed E-state index contributed by atoms with van der Waals surface area (Å²) in [5.41, 5.74) is 0. The number of piperidine rings is 1. The summed E-state index contributed by atoms with van der Waals surface area (Å²) in [6.45, 7) is 3.10. The van der Waals surface area contributed by atoms with E-state index in [4.69, 9.17) is 11.6 Å². The smallest absolute Gasteiger partial charge is 0.231 e. The highest BCUT2D eigenvalue weighted by Crippen LogP contribution is 2.22. The minimum absolute atomic E-state index is 0.258. The van der Waals surface area contributed by atoms with Crippen LogP contribution in [0, 0.1) is 5.92 Å². The molecule has 1 aromatic heterocycles. The lowest BCUT2D eigenvalue weighted by Gasteiger charge is -2.33. The fourth-order valence-electron chi connectivity index (χ4n) is 2.50. The Kier molecular flexibility index (Phi) is 4.99. The Balaban J connectivity index is 2.03. The van der Waals surface area contributed by atoms with Gasteiger partial charge in [0.15, 0.2) is 0 Å². The molecule has 112 valence electrons. The molecule has 6 nitrogen and oxygen atoms in total. The van der Waals surface area contributed by atoms with Crippen LogP contribution in [-0.2, 0) is 0 Å². The zero-order valence-corrected chi connectivity index (χ0v) is 13.4. The third-order valence-electron chi connectivity index (χ3n) is 3.51. The van der Waals surface area contributed by atoms with E-state index in [0.717, 1.165) is 25.6 Å². The van der Waals surface area contributed by atoms with Crippen LogP contribution in [0.2, 0.25) is 5.28 Å². The fraction of sp³-hybridized carbons (Fsp3) is 0.769. The Morgan fingerprint density at radius 1 is 1.10 bits per heavy atom. The average molecular weight is 299 g/mol. The Hall–Kier alpha value is -1.14. The number of nitrogens with zero attached hydrogens (tertiary/aromatic N) is 6. The molecule has 1 fully saturated rings. The second-order valence-corrected chi connectivity index (χ2v) is 6.13. The molecule has 0 radical (unpaired) electrons. The van der Waals surface area contributed by atoms with Gasteiger partial charge in [-0.3, -0.25) is 0 Å². The molecule has 0 N–H and O–H groups in total. The molecule has 0 aromatic carbocycles. The van der Waals surface area contributed by atoms with E-state index < -0.39 is 0 Å². The Bertz CT molecular complexity index is 442. The second-order valence-electron chi connectivity index (χ2n) is 5.79. The SMILES string of the molecule is CN(C)CC1CCN(c2nc(Cl)nc(N(C)C)n2)CC1. The molecule has 20 heavy (non-hydrogen) atoms. The van der Waals surface area contributed by atoms with E-state index >= 15 is 0 Å². The van der Waals surface area contributed by atoms with Crippen LogP contribution < -0.4 is 9.80 Å². The van der Waals surface area contributed by atoms with Gasteiger partial charge in [-0.25, -0.2) is 0 Å². The Morgan fingerprint density at radius 2 is 1.75 bits per heavy atom. The Morgan fingerprint density at radius 3 is 2.30 bits per heavy atom. The molecule has 0 aliphatic carbocycles. The summed E-state index contributed by atoms with van der Waals surface area (Å²) in [7, 11) is 8.06. The van der Waals surface area contributed by atoms with E-state index in [9.17, 15) is 0 Å². The molecular formula is C13H23ClN6. The number of rotatable bonds is 4. The molecule has 0 spiro atoms. The van der Waals surface area contributed by atoms with E-state index in [2.05, 4.69) is 38.8 Å². The van der Waals surface area contributed by atoms with E-state index in [1.807, 2.05) is 19.0 Å². The van der Waals surface area contributed by atoms with Gasteiger partial charge in [-0.2, -0.15) is 15.0 Å². The standard InChI is InChI=1S/C13H23ClN6/c1-18(2)9-10-5-7-20(8-6-10)13-16-11(14)15-12(17-13)19(3)4/h10H,5-9H2,1-4H3. The molecular weight excluding hydrogens is 276 g/mol. The molecule has 0 atom stereocenters. The van der Waals surface area contributed by atoms with Crippen molar-refractivity contribution in [2.24, 2.45) is 5.92 Å². The highest BCUT2D eigenvalue weighted by molar-refractivity contribution is 6.28. The van der Waals surface area contributed by atoms with Crippen LogP contribution in [-0.4, -0.2) is 67.7 Å². The van der Waals surface area contributed by atoms with E-state index in [-0.39, 0.29) is 5.28 Å². The van der Waals surface area contributed by atoms with Gasteiger partial charge in [0.1, 0.15) is 0 Å². The third-order valence-corrected chi connectivity index (χ3v) is 3.67. The lowest BCUT2D eigenvalue weighted by molar-refractivity contribution is 0.284. The largest absolute Gasteiger partial charge is 0.347 e. The lowest BCUT2D eigenvalue weighted by atomic mass is 9.97. The molecule has 2 heterocycles. The van der Waals surface area contributed by atoms with Crippen molar-refractivity contribution in [1.29, 1.82) is 0 Å². The highest BCUT2D eigenvalue weighted by atomic mass is 35.5. The first kappa shape index (κ1) is 15.3. The molecule has 7 heteroatoms. The third kappa shape index (κ3) is 3.93. The van der Waals surface area contributed by atoms with Crippen molar-refractivity contribution in [3.8, 4) is 0 Å².